The maximum absolute atomic E-state index is 11.2. The molecule has 0 N–H and O–H groups in total. The molecule has 0 saturated heterocycles. The molecule has 6 aromatic rings. The standard InChI is InChI=1S/C52H40N4/c1-8-16-35-38-24-23-36-33-17-10-12-19-39(33)50(3,4)46(36)48(38)55(42(35)9-2)44-27-32(30-54)45(28-31(44)29-53)56-43-22-15-14-21-41(43)52(7)26-25-37-34-18-11-13-20-40(34)51(5,6)47(37)49(52)56/h2,8,10-28,49H,1,3-7H3/b16-8-. The highest BCUT2D eigenvalue weighted by atomic mass is 15.2. The van der Waals surface area contributed by atoms with Crippen molar-refractivity contribution in [2.45, 2.75) is 63.8 Å². The van der Waals surface area contributed by atoms with Crippen molar-refractivity contribution in [3.05, 3.63) is 171 Å². The first-order valence-electron chi connectivity index (χ1n) is 19.3. The Labute approximate surface area is 329 Å². The average molecular weight is 721 g/mol. The van der Waals surface area contributed by atoms with Gasteiger partial charge in [0.15, 0.2) is 0 Å². The molecular weight excluding hydrogens is 681 g/mol. The number of hydrogen-bond acceptors (Lipinski definition) is 3. The van der Waals surface area contributed by atoms with Gasteiger partial charge in [-0.05, 0) is 82.1 Å². The maximum Gasteiger partial charge on any atom is 0.105 e. The summed E-state index contributed by atoms with van der Waals surface area (Å²) >= 11 is 0. The second kappa shape index (κ2) is 11.4. The third-order valence-corrected chi connectivity index (χ3v) is 13.3. The Morgan fingerprint density at radius 1 is 0.696 bits per heavy atom. The van der Waals surface area contributed by atoms with Gasteiger partial charge in [-0.2, -0.15) is 10.5 Å². The maximum atomic E-state index is 11.2. The minimum atomic E-state index is -0.386. The number of nitrogens with zero attached hydrogens (tertiary/aromatic N) is 4. The molecule has 4 aliphatic rings. The number of aromatic nitrogens is 1. The van der Waals surface area contributed by atoms with Gasteiger partial charge in [-0.3, -0.25) is 0 Å². The SMILES string of the molecule is C#Cc1c(/C=C\C)c2ccc3c(c2n1-c1cc(C#N)c(N2c4ccccc4C4(C)C=CC5=C(C24)C(C)(C)c2ccccc25)cc1C#N)C(C)(C)c1ccccc1-3. The van der Waals surface area contributed by atoms with Crippen molar-refractivity contribution in [2.24, 2.45) is 0 Å². The summed E-state index contributed by atoms with van der Waals surface area (Å²) in [6, 6.07) is 39.1. The number of anilines is 2. The highest BCUT2D eigenvalue weighted by Gasteiger charge is 2.56. The van der Waals surface area contributed by atoms with Crippen molar-refractivity contribution in [3.8, 4) is 41.3 Å². The van der Waals surface area contributed by atoms with Gasteiger partial charge in [-0.15, -0.1) is 6.42 Å². The molecule has 0 fully saturated rings. The van der Waals surface area contributed by atoms with Crippen LogP contribution in [0.25, 0.3) is 39.4 Å². The molecule has 10 rings (SSSR count). The summed E-state index contributed by atoms with van der Waals surface area (Å²) in [5.41, 5.74) is 15.9. The van der Waals surface area contributed by atoms with Crippen LogP contribution in [0.4, 0.5) is 11.4 Å². The number of fused-ring (bicyclic) bond motifs is 11. The summed E-state index contributed by atoms with van der Waals surface area (Å²) < 4.78 is 2.09. The van der Waals surface area contributed by atoms with Crippen molar-refractivity contribution in [3.63, 3.8) is 0 Å². The summed E-state index contributed by atoms with van der Waals surface area (Å²) in [4.78, 5) is 2.35. The van der Waals surface area contributed by atoms with Gasteiger partial charge >= 0.3 is 0 Å². The van der Waals surface area contributed by atoms with Gasteiger partial charge in [0.2, 0.25) is 0 Å². The minimum absolute atomic E-state index is 0.135. The van der Waals surface area contributed by atoms with Gasteiger partial charge in [-0.25, -0.2) is 0 Å². The van der Waals surface area contributed by atoms with Crippen molar-refractivity contribution >= 4 is 33.9 Å². The highest BCUT2D eigenvalue weighted by Crippen LogP contribution is 2.62. The van der Waals surface area contributed by atoms with E-state index in [-0.39, 0.29) is 22.3 Å². The van der Waals surface area contributed by atoms with E-state index >= 15 is 0 Å². The highest BCUT2D eigenvalue weighted by molar-refractivity contribution is 6.03. The lowest BCUT2D eigenvalue weighted by Gasteiger charge is -2.43. The molecule has 3 aliphatic carbocycles. The zero-order chi connectivity index (χ0) is 38.9. The minimum Gasteiger partial charge on any atom is -0.332 e. The van der Waals surface area contributed by atoms with Crippen LogP contribution in [0.15, 0.2) is 121 Å². The molecule has 56 heavy (non-hydrogen) atoms. The van der Waals surface area contributed by atoms with Crippen molar-refractivity contribution in [1.82, 2.24) is 4.57 Å². The molecule has 0 spiro atoms. The summed E-state index contributed by atoms with van der Waals surface area (Å²) in [6.07, 6.45) is 15.2. The molecule has 0 amide bonds. The molecule has 1 aromatic heterocycles. The molecule has 268 valence electrons. The molecule has 1 aliphatic heterocycles. The second-order valence-corrected chi connectivity index (χ2v) is 16.8. The lowest BCUT2D eigenvalue weighted by Crippen LogP contribution is -2.46. The first kappa shape index (κ1) is 33.7. The summed E-state index contributed by atoms with van der Waals surface area (Å²) in [6.45, 7) is 13.5. The Morgan fingerprint density at radius 3 is 2.02 bits per heavy atom. The predicted molar refractivity (Wildman–Crippen MR) is 228 cm³/mol. The molecule has 0 bridgehead atoms. The third kappa shape index (κ3) is 4.03. The van der Waals surface area contributed by atoms with E-state index in [0.717, 1.165) is 33.3 Å². The molecule has 4 nitrogen and oxygen atoms in total. The number of nitriles is 2. The molecule has 0 saturated carbocycles. The summed E-state index contributed by atoms with van der Waals surface area (Å²) in [5.74, 6) is 3.03. The van der Waals surface area contributed by atoms with Gasteiger partial charge in [0, 0.05) is 32.9 Å². The molecular formula is C52H40N4. The van der Waals surface area contributed by atoms with E-state index in [9.17, 15) is 10.5 Å². The van der Waals surface area contributed by atoms with Crippen LogP contribution in [0.5, 0.6) is 0 Å². The average Bonchev–Trinajstić information content (AvgIpc) is 3.83. The largest absolute Gasteiger partial charge is 0.332 e. The van der Waals surface area contributed by atoms with Crippen molar-refractivity contribution in [2.75, 3.05) is 4.90 Å². The quantitative estimate of drug-likeness (QED) is 0.171. The lowest BCUT2D eigenvalue weighted by molar-refractivity contribution is 0.470. The van der Waals surface area contributed by atoms with E-state index in [1.165, 1.54) is 39.0 Å². The van der Waals surface area contributed by atoms with Gasteiger partial charge in [-0.1, -0.05) is 137 Å². The van der Waals surface area contributed by atoms with E-state index in [4.69, 9.17) is 6.42 Å². The van der Waals surface area contributed by atoms with E-state index < -0.39 is 0 Å². The molecule has 0 radical (unpaired) electrons. The fourth-order valence-corrected chi connectivity index (χ4v) is 10.9. The van der Waals surface area contributed by atoms with Gasteiger partial charge in [0.05, 0.1) is 34.1 Å². The zero-order valence-corrected chi connectivity index (χ0v) is 32.5. The van der Waals surface area contributed by atoms with Crippen LogP contribution >= 0.6 is 0 Å². The van der Waals surface area contributed by atoms with E-state index in [1.807, 2.05) is 25.1 Å². The topological polar surface area (TPSA) is 55.8 Å². The van der Waals surface area contributed by atoms with Gasteiger partial charge < -0.3 is 9.47 Å². The van der Waals surface area contributed by atoms with E-state index in [2.05, 4.69) is 165 Å². The Bertz CT molecular complexity index is 2990. The van der Waals surface area contributed by atoms with Crippen molar-refractivity contribution < 1.29 is 0 Å². The van der Waals surface area contributed by atoms with Crippen LogP contribution < -0.4 is 4.90 Å². The number of hydrogen-bond donors (Lipinski definition) is 0. The van der Waals surface area contributed by atoms with Gasteiger partial charge in [0.1, 0.15) is 17.8 Å². The number of allylic oxidation sites excluding steroid dienone is 3. The van der Waals surface area contributed by atoms with Crippen LogP contribution in [-0.2, 0) is 16.2 Å². The number of benzene rings is 5. The number of rotatable bonds is 3. The van der Waals surface area contributed by atoms with Gasteiger partial charge in [0.25, 0.3) is 0 Å². The molecule has 2 heterocycles. The second-order valence-electron chi connectivity index (χ2n) is 16.8. The Morgan fingerprint density at radius 2 is 1.32 bits per heavy atom. The first-order valence-corrected chi connectivity index (χ1v) is 19.3. The van der Waals surface area contributed by atoms with E-state index in [1.54, 1.807) is 0 Å². The Balaban J connectivity index is 1.26. The molecule has 5 aromatic carbocycles. The molecule has 2 unspecified atom stereocenters. The Kier molecular flexibility index (Phi) is 6.85. The van der Waals surface area contributed by atoms with E-state index in [0.29, 0.717) is 28.2 Å². The number of terminal acetylenes is 1. The predicted octanol–water partition coefficient (Wildman–Crippen LogP) is 11.8. The van der Waals surface area contributed by atoms with Crippen LogP contribution in [0.3, 0.4) is 0 Å². The smallest absolute Gasteiger partial charge is 0.105 e. The van der Waals surface area contributed by atoms with Crippen LogP contribution in [0.2, 0.25) is 0 Å². The fraction of sp³-hybridized carbons (Fsp3) is 0.192. The van der Waals surface area contributed by atoms with Crippen LogP contribution in [0, 0.1) is 35.0 Å². The normalized spacial score (nSPS) is 20.2. The zero-order valence-electron chi connectivity index (χ0n) is 32.5. The fourth-order valence-electron chi connectivity index (χ4n) is 10.9. The number of para-hydroxylation sites is 1. The summed E-state index contributed by atoms with van der Waals surface area (Å²) in [7, 11) is 0. The molecule has 2 atom stereocenters. The molecule has 4 heteroatoms. The van der Waals surface area contributed by atoms with Crippen molar-refractivity contribution in [1.29, 1.82) is 10.5 Å². The third-order valence-electron chi connectivity index (χ3n) is 13.3. The Hall–Kier alpha value is -6.80. The lowest BCUT2D eigenvalue weighted by atomic mass is 9.66. The van der Waals surface area contributed by atoms with Crippen LogP contribution in [0.1, 0.15) is 91.7 Å². The van der Waals surface area contributed by atoms with Crippen LogP contribution in [-0.4, -0.2) is 10.6 Å². The first-order chi connectivity index (χ1) is 27.0. The monoisotopic (exact) mass is 720 g/mol. The summed E-state index contributed by atoms with van der Waals surface area (Å²) in [5, 5.41) is 23.4.